The average Bonchev–Trinajstić information content (AvgIpc) is 2.87. The molecule has 1 aromatic carbocycles. The number of benzene rings is 1. The maximum atomic E-state index is 5.02. The van der Waals surface area contributed by atoms with Crippen LogP contribution >= 0.6 is 0 Å². The molecule has 0 fully saturated rings. The van der Waals surface area contributed by atoms with Crippen molar-refractivity contribution in [1.29, 1.82) is 0 Å². The van der Waals surface area contributed by atoms with Crippen LogP contribution in [0.2, 0.25) is 0 Å². The van der Waals surface area contributed by atoms with Gasteiger partial charge in [0.1, 0.15) is 0 Å². The molecule has 3 heteroatoms. The predicted molar refractivity (Wildman–Crippen MR) is 83.0 cm³/mol. The molecule has 0 spiro atoms. The van der Waals surface area contributed by atoms with Crippen LogP contribution in [0.5, 0.6) is 0 Å². The molecule has 108 valence electrons. The highest BCUT2D eigenvalue weighted by Crippen LogP contribution is 2.13. The van der Waals surface area contributed by atoms with Crippen LogP contribution in [0.15, 0.2) is 36.7 Å². The highest BCUT2D eigenvalue weighted by atomic mass is 16.5. The second kappa shape index (κ2) is 7.27. The molecule has 3 nitrogen and oxygen atoms in total. The third-order valence-electron chi connectivity index (χ3n) is 3.48. The zero-order chi connectivity index (χ0) is 14.4. The summed E-state index contributed by atoms with van der Waals surface area (Å²) in [7, 11) is 1.72. The number of aryl methyl sites for hydroxylation is 2. The van der Waals surface area contributed by atoms with Crippen LogP contribution in [0.3, 0.4) is 0 Å². The monoisotopic (exact) mass is 272 g/mol. The van der Waals surface area contributed by atoms with Crippen LogP contribution in [0.25, 0.3) is 0 Å². The predicted octanol–water partition coefficient (Wildman–Crippen LogP) is 2.89. The van der Waals surface area contributed by atoms with Gasteiger partial charge in [0.25, 0.3) is 0 Å². The van der Waals surface area contributed by atoms with E-state index in [0.29, 0.717) is 0 Å². The quantitative estimate of drug-likeness (QED) is 0.784. The van der Waals surface area contributed by atoms with E-state index in [1.807, 2.05) is 0 Å². The molecule has 0 unspecified atom stereocenters. The summed E-state index contributed by atoms with van der Waals surface area (Å²) in [6.07, 6.45) is 4.36. The lowest BCUT2D eigenvalue weighted by Crippen LogP contribution is -2.18. The van der Waals surface area contributed by atoms with E-state index in [2.05, 4.69) is 60.4 Å². The maximum Gasteiger partial charge on any atom is 0.0587 e. The van der Waals surface area contributed by atoms with Gasteiger partial charge in [-0.15, -0.1) is 0 Å². The number of nitrogens with one attached hydrogen (secondary N) is 1. The second-order valence-electron chi connectivity index (χ2n) is 5.29. The van der Waals surface area contributed by atoms with Gasteiger partial charge in [0.05, 0.1) is 6.61 Å². The highest BCUT2D eigenvalue weighted by Gasteiger charge is 2.01. The fourth-order valence-electron chi connectivity index (χ4n) is 2.27. The van der Waals surface area contributed by atoms with Crippen LogP contribution < -0.4 is 5.32 Å². The van der Waals surface area contributed by atoms with Gasteiger partial charge in [-0.1, -0.05) is 23.8 Å². The van der Waals surface area contributed by atoms with Crippen molar-refractivity contribution in [2.45, 2.75) is 26.9 Å². The van der Waals surface area contributed by atoms with Crippen molar-refractivity contribution in [2.24, 2.45) is 0 Å². The summed E-state index contributed by atoms with van der Waals surface area (Å²) in [6, 6.07) is 8.80. The fourth-order valence-corrected chi connectivity index (χ4v) is 2.27. The van der Waals surface area contributed by atoms with Crippen molar-refractivity contribution in [3.05, 3.63) is 58.9 Å². The summed E-state index contributed by atoms with van der Waals surface area (Å²) in [5, 5.41) is 3.36. The largest absolute Gasteiger partial charge is 0.383 e. The van der Waals surface area contributed by atoms with E-state index in [4.69, 9.17) is 4.74 Å². The molecule has 0 aliphatic carbocycles. The molecule has 0 saturated heterocycles. The minimum absolute atomic E-state index is 0.753. The Morgan fingerprint density at radius 1 is 1.20 bits per heavy atom. The first-order valence-corrected chi connectivity index (χ1v) is 7.09. The van der Waals surface area contributed by atoms with Crippen LogP contribution in [0.4, 0.5) is 0 Å². The second-order valence-corrected chi connectivity index (χ2v) is 5.29. The lowest BCUT2D eigenvalue weighted by molar-refractivity contribution is 0.199. The summed E-state index contributed by atoms with van der Waals surface area (Å²) in [5.74, 6) is 0. The highest BCUT2D eigenvalue weighted by molar-refractivity contribution is 5.31. The first kappa shape index (κ1) is 14.8. The SMILES string of the molecule is COCCNCc1ccn(Cc2cc(C)ccc2C)c1. The van der Waals surface area contributed by atoms with Crippen molar-refractivity contribution in [3.8, 4) is 0 Å². The summed E-state index contributed by atoms with van der Waals surface area (Å²) in [5.41, 5.74) is 5.37. The maximum absolute atomic E-state index is 5.02. The Morgan fingerprint density at radius 2 is 2.05 bits per heavy atom. The minimum atomic E-state index is 0.753. The van der Waals surface area contributed by atoms with Crippen molar-refractivity contribution >= 4 is 0 Å². The molecule has 0 aliphatic heterocycles. The molecule has 1 heterocycles. The van der Waals surface area contributed by atoms with E-state index < -0.39 is 0 Å². The van der Waals surface area contributed by atoms with E-state index in [1.54, 1.807) is 7.11 Å². The number of aromatic nitrogens is 1. The summed E-state index contributed by atoms with van der Waals surface area (Å²) in [4.78, 5) is 0. The number of hydrogen-bond acceptors (Lipinski definition) is 2. The molecular formula is C17H24N2O. The van der Waals surface area contributed by atoms with Crippen LogP contribution in [-0.2, 0) is 17.8 Å². The average molecular weight is 272 g/mol. The van der Waals surface area contributed by atoms with Gasteiger partial charge in [-0.25, -0.2) is 0 Å². The molecule has 0 bridgehead atoms. The standard InChI is InChI=1S/C17H24N2O/c1-14-4-5-15(2)17(10-14)13-19-8-6-16(12-19)11-18-7-9-20-3/h4-6,8,10,12,18H,7,9,11,13H2,1-3H3. The Kier molecular flexibility index (Phi) is 5.39. The topological polar surface area (TPSA) is 26.2 Å². The summed E-state index contributed by atoms with van der Waals surface area (Å²) in [6.45, 7) is 7.78. The number of hydrogen-bond donors (Lipinski definition) is 1. The molecule has 0 amide bonds. The molecule has 0 saturated carbocycles. The van der Waals surface area contributed by atoms with Gasteiger partial charge in [-0.05, 0) is 36.6 Å². The van der Waals surface area contributed by atoms with Crippen molar-refractivity contribution in [2.75, 3.05) is 20.3 Å². The summed E-state index contributed by atoms with van der Waals surface area (Å²) >= 11 is 0. The third kappa shape index (κ3) is 4.22. The van der Waals surface area contributed by atoms with E-state index in [0.717, 1.165) is 26.2 Å². The fraction of sp³-hybridized carbons (Fsp3) is 0.412. The molecule has 2 aromatic rings. The molecule has 1 aromatic heterocycles. The number of nitrogens with zero attached hydrogens (tertiary/aromatic N) is 1. The van der Waals surface area contributed by atoms with Crippen LogP contribution in [0.1, 0.15) is 22.3 Å². The Balaban J connectivity index is 1.93. The molecular weight excluding hydrogens is 248 g/mol. The van der Waals surface area contributed by atoms with Crippen LogP contribution in [-0.4, -0.2) is 24.8 Å². The van der Waals surface area contributed by atoms with Gasteiger partial charge < -0.3 is 14.6 Å². The Labute approximate surface area is 121 Å². The van der Waals surface area contributed by atoms with Gasteiger partial charge in [0.15, 0.2) is 0 Å². The Morgan fingerprint density at radius 3 is 2.85 bits per heavy atom. The molecule has 0 radical (unpaired) electrons. The van der Waals surface area contributed by atoms with E-state index in [9.17, 15) is 0 Å². The molecule has 0 atom stereocenters. The molecule has 0 aliphatic rings. The molecule has 20 heavy (non-hydrogen) atoms. The Hall–Kier alpha value is -1.58. The van der Waals surface area contributed by atoms with Crippen molar-refractivity contribution in [3.63, 3.8) is 0 Å². The third-order valence-corrected chi connectivity index (χ3v) is 3.48. The number of rotatable bonds is 7. The van der Waals surface area contributed by atoms with Crippen molar-refractivity contribution in [1.82, 2.24) is 9.88 Å². The number of methoxy groups -OCH3 is 1. The zero-order valence-electron chi connectivity index (χ0n) is 12.6. The van der Waals surface area contributed by atoms with Gasteiger partial charge in [-0.3, -0.25) is 0 Å². The lowest BCUT2D eigenvalue weighted by Gasteiger charge is -2.08. The van der Waals surface area contributed by atoms with Crippen molar-refractivity contribution < 1.29 is 4.74 Å². The van der Waals surface area contributed by atoms with E-state index in [-0.39, 0.29) is 0 Å². The lowest BCUT2D eigenvalue weighted by atomic mass is 10.1. The van der Waals surface area contributed by atoms with Gasteiger partial charge in [-0.2, -0.15) is 0 Å². The van der Waals surface area contributed by atoms with Gasteiger partial charge in [0, 0.05) is 39.1 Å². The summed E-state index contributed by atoms with van der Waals surface area (Å²) < 4.78 is 7.27. The normalized spacial score (nSPS) is 10.9. The Bertz CT molecular complexity index is 546. The minimum Gasteiger partial charge on any atom is -0.383 e. The smallest absolute Gasteiger partial charge is 0.0587 e. The van der Waals surface area contributed by atoms with E-state index >= 15 is 0 Å². The molecule has 2 rings (SSSR count). The molecule has 1 N–H and O–H groups in total. The van der Waals surface area contributed by atoms with Gasteiger partial charge in [0.2, 0.25) is 0 Å². The zero-order valence-corrected chi connectivity index (χ0v) is 12.6. The van der Waals surface area contributed by atoms with E-state index in [1.165, 1.54) is 22.3 Å². The first-order valence-electron chi connectivity index (χ1n) is 7.09. The first-order chi connectivity index (χ1) is 9.69. The number of ether oxygens (including phenoxy) is 1. The van der Waals surface area contributed by atoms with Crippen LogP contribution in [0, 0.1) is 13.8 Å². The van der Waals surface area contributed by atoms with Gasteiger partial charge >= 0.3 is 0 Å².